The minimum Gasteiger partial charge on any atom is -0.491 e. The van der Waals surface area contributed by atoms with E-state index in [1.54, 1.807) is 18.2 Å². The Morgan fingerprint density at radius 1 is 0.968 bits per heavy atom. The van der Waals surface area contributed by atoms with Crippen molar-refractivity contribution in [3.05, 3.63) is 89.0 Å². The molecule has 6 aromatic rings. The van der Waals surface area contributed by atoms with Gasteiger partial charge in [-0.2, -0.15) is 0 Å². The number of benzene rings is 4. The summed E-state index contributed by atoms with van der Waals surface area (Å²) in [4.78, 5) is 68.5. The van der Waals surface area contributed by atoms with E-state index in [0.29, 0.717) is 25.8 Å². The van der Waals surface area contributed by atoms with Crippen LogP contribution >= 0.6 is 0 Å². The molecule has 5 N–H and O–H groups in total. The number of piperidine rings is 1. The zero-order chi connectivity index (χ0) is 43.5. The van der Waals surface area contributed by atoms with Gasteiger partial charge >= 0.3 is 0 Å². The van der Waals surface area contributed by atoms with E-state index < -0.39 is 36.4 Å². The lowest BCUT2D eigenvalue weighted by molar-refractivity contribution is -0.205. The predicted octanol–water partition coefficient (Wildman–Crippen LogP) is 4.38. The Bertz CT molecular complexity index is 2980. The average molecular weight is 854 g/mol. The number of nitrogens with one attached hydrogen (secondary N) is 3. The summed E-state index contributed by atoms with van der Waals surface area (Å²) in [5, 5.41) is 34.0. The van der Waals surface area contributed by atoms with Gasteiger partial charge in [0.2, 0.25) is 17.7 Å². The highest BCUT2D eigenvalue weighted by Gasteiger charge is 2.49. The summed E-state index contributed by atoms with van der Waals surface area (Å²) in [6, 6.07) is 20.3. The van der Waals surface area contributed by atoms with Crippen molar-refractivity contribution in [3.63, 3.8) is 0 Å². The highest BCUT2D eigenvalue weighted by molar-refractivity contribution is 6.31. The van der Waals surface area contributed by atoms with Crippen LogP contribution in [0.4, 0.5) is 0 Å². The van der Waals surface area contributed by atoms with Gasteiger partial charge in [0.05, 0.1) is 51.3 Å². The molecule has 0 radical (unpaired) electrons. The first kappa shape index (κ1) is 39.4. The van der Waals surface area contributed by atoms with Crippen LogP contribution in [0.2, 0.25) is 0 Å². The standard InChI is InChI=1S/C47H47N7O9/c1-47-22-24(21-36(63-47)52-29-12-5-3-9-25(29)39-40-28(23-49-44(40)59)37-26-10-4-6-13-30(26)54(47)42(37)41(39)52)51(2)35(57)16-8-15-33(55)48-19-20-62-32-14-7-11-27-38(32)46(61)53(45(27)60)31-17-18-34(56)50-43(31)58/h3-7,9-14,24,31,36,43,46,58,61H,8,15-23H2,1-2H3,(H,48,55)(H,49,59)(H,50,56)/t24-,31?,36-,43?,46?,47+/m1/s1. The number of amides is 5. The monoisotopic (exact) mass is 853 g/mol. The minimum absolute atomic E-state index is 0.0578. The highest BCUT2D eigenvalue weighted by atomic mass is 16.5. The number of aliphatic hydroxyl groups excluding tert-OH is 2. The molecule has 7 heterocycles. The van der Waals surface area contributed by atoms with Crippen LogP contribution in [0.3, 0.4) is 0 Å². The molecule has 324 valence electrons. The molecule has 5 aliphatic rings. The van der Waals surface area contributed by atoms with Crippen molar-refractivity contribution in [2.45, 2.75) is 94.9 Å². The summed E-state index contributed by atoms with van der Waals surface area (Å²) in [7, 11) is 1.84. The van der Waals surface area contributed by atoms with Gasteiger partial charge in [-0.15, -0.1) is 0 Å². The predicted molar refractivity (Wildman–Crippen MR) is 230 cm³/mol. The van der Waals surface area contributed by atoms with Gasteiger partial charge in [0, 0.05) is 73.3 Å². The molecule has 4 aromatic carbocycles. The van der Waals surface area contributed by atoms with E-state index in [1.165, 1.54) is 4.90 Å². The van der Waals surface area contributed by atoms with Crippen LogP contribution in [0.25, 0.3) is 43.6 Å². The molecule has 2 bridgehead atoms. The molecule has 0 spiro atoms. The van der Waals surface area contributed by atoms with Crippen molar-refractivity contribution < 1.29 is 43.7 Å². The van der Waals surface area contributed by atoms with Crippen LogP contribution < -0.4 is 20.7 Å². The summed E-state index contributed by atoms with van der Waals surface area (Å²) < 4.78 is 17.7. The molecular formula is C47H47N7O9. The minimum atomic E-state index is -1.38. The summed E-state index contributed by atoms with van der Waals surface area (Å²) in [6.07, 6.45) is -1.09. The van der Waals surface area contributed by atoms with E-state index >= 15 is 0 Å². The lowest BCUT2D eigenvalue weighted by Crippen LogP contribution is -2.56. The SMILES string of the molecule is CN(C(=O)CCCC(=O)NCCOc1cccc2c1C(O)N(C1CCC(=O)NC1O)C2=O)[C@@H]1C[C@H]2O[C@@](C)(C1)n1c3ccccc3c3c4c(c5c6ccccc6n2c5c31)C(=O)NC4. The van der Waals surface area contributed by atoms with Crippen LogP contribution in [-0.2, 0) is 31.4 Å². The third kappa shape index (κ3) is 5.87. The number of carbonyl (C=O) groups excluding carboxylic acids is 5. The Balaban J connectivity index is 0.763. The van der Waals surface area contributed by atoms with Crippen molar-refractivity contribution in [2.75, 3.05) is 20.2 Å². The maximum absolute atomic E-state index is 13.9. The van der Waals surface area contributed by atoms with Gasteiger partial charge in [0.25, 0.3) is 11.8 Å². The lowest BCUT2D eigenvalue weighted by atomic mass is 9.95. The molecule has 2 saturated heterocycles. The maximum atomic E-state index is 13.9. The van der Waals surface area contributed by atoms with Gasteiger partial charge in [-0.1, -0.05) is 42.5 Å². The third-order valence-corrected chi connectivity index (χ3v) is 13.9. The van der Waals surface area contributed by atoms with Crippen LogP contribution in [0.5, 0.6) is 5.75 Å². The second-order valence-electron chi connectivity index (χ2n) is 17.5. The number of rotatable bonds is 10. The van der Waals surface area contributed by atoms with Gasteiger partial charge < -0.3 is 54.6 Å². The Morgan fingerprint density at radius 2 is 1.73 bits per heavy atom. The van der Waals surface area contributed by atoms with Gasteiger partial charge in [-0.25, -0.2) is 0 Å². The number of hydrogen-bond donors (Lipinski definition) is 5. The first-order valence-electron chi connectivity index (χ1n) is 21.7. The number of para-hydroxylation sites is 2. The summed E-state index contributed by atoms with van der Waals surface area (Å²) in [5.41, 5.74) is 5.37. The van der Waals surface area contributed by atoms with Crippen molar-refractivity contribution in [1.29, 1.82) is 0 Å². The Hall–Kier alpha value is -6.49. The zero-order valence-electron chi connectivity index (χ0n) is 34.8. The normalized spacial score (nSPS) is 24.8. The van der Waals surface area contributed by atoms with E-state index in [2.05, 4.69) is 56.3 Å². The van der Waals surface area contributed by atoms with Gasteiger partial charge in [-0.3, -0.25) is 24.0 Å². The number of hydrogen-bond acceptors (Lipinski definition) is 9. The molecule has 0 saturated carbocycles. The molecule has 5 aliphatic heterocycles. The highest BCUT2D eigenvalue weighted by Crippen LogP contribution is 2.54. The second kappa shape index (κ2) is 14.5. The maximum Gasteiger partial charge on any atom is 0.257 e. The molecule has 16 heteroatoms. The van der Waals surface area contributed by atoms with Crippen molar-refractivity contribution in [3.8, 4) is 5.75 Å². The first-order chi connectivity index (χ1) is 30.4. The van der Waals surface area contributed by atoms with Crippen LogP contribution in [0.15, 0.2) is 66.7 Å². The fourth-order valence-corrected chi connectivity index (χ4v) is 11.1. The Morgan fingerprint density at radius 3 is 2.52 bits per heavy atom. The number of carbonyl (C=O) groups is 5. The largest absolute Gasteiger partial charge is 0.491 e. The van der Waals surface area contributed by atoms with Gasteiger partial charge in [0.15, 0.2) is 6.23 Å². The van der Waals surface area contributed by atoms with Crippen molar-refractivity contribution in [1.82, 2.24) is 34.9 Å². The van der Waals surface area contributed by atoms with Gasteiger partial charge in [0.1, 0.15) is 30.5 Å². The summed E-state index contributed by atoms with van der Waals surface area (Å²) >= 11 is 0. The lowest BCUT2D eigenvalue weighted by Gasteiger charge is -2.45. The van der Waals surface area contributed by atoms with E-state index in [1.807, 2.05) is 36.2 Å². The molecule has 6 atom stereocenters. The Labute approximate surface area is 360 Å². The quantitative estimate of drug-likeness (QED) is 0.124. The van der Waals surface area contributed by atoms with Gasteiger partial charge in [-0.05, 0) is 49.6 Å². The number of aliphatic hydroxyl groups is 2. The summed E-state index contributed by atoms with van der Waals surface area (Å²) in [6.45, 7) is 2.76. The first-order valence-corrected chi connectivity index (χ1v) is 21.7. The second-order valence-corrected chi connectivity index (χ2v) is 17.5. The number of fused-ring (bicyclic) bond motifs is 14. The van der Waals surface area contributed by atoms with Crippen molar-refractivity contribution >= 4 is 73.1 Å². The Kier molecular flexibility index (Phi) is 9.08. The molecule has 2 aromatic heterocycles. The van der Waals surface area contributed by atoms with Crippen LogP contribution in [-0.4, -0.2) is 97.2 Å². The topological polar surface area (TPSA) is 197 Å². The average Bonchev–Trinajstić information content (AvgIpc) is 3.99. The molecule has 0 aliphatic carbocycles. The fourth-order valence-electron chi connectivity index (χ4n) is 11.1. The van der Waals surface area contributed by atoms with E-state index in [-0.39, 0.29) is 85.4 Å². The number of nitrogens with zero attached hydrogens (tertiary/aromatic N) is 4. The van der Waals surface area contributed by atoms with E-state index in [4.69, 9.17) is 9.47 Å². The molecule has 5 amide bonds. The fraction of sp³-hybridized carbons (Fsp3) is 0.383. The molecule has 16 nitrogen and oxygen atoms in total. The number of aromatic nitrogens is 2. The van der Waals surface area contributed by atoms with Crippen LogP contribution in [0, 0.1) is 0 Å². The smallest absolute Gasteiger partial charge is 0.257 e. The zero-order valence-corrected chi connectivity index (χ0v) is 34.8. The van der Waals surface area contributed by atoms with Crippen molar-refractivity contribution in [2.24, 2.45) is 0 Å². The third-order valence-electron chi connectivity index (χ3n) is 13.9. The summed E-state index contributed by atoms with van der Waals surface area (Å²) in [5.74, 6) is -0.907. The molecule has 11 rings (SSSR count). The van der Waals surface area contributed by atoms with E-state index in [9.17, 15) is 34.2 Å². The molecule has 2 fully saturated rings. The van der Waals surface area contributed by atoms with E-state index in [0.717, 1.165) is 54.7 Å². The van der Waals surface area contributed by atoms with Crippen LogP contribution in [0.1, 0.15) is 96.2 Å². The molecule has 3 unspecified atom stereocenters. The number of ether oxygens (including phenoxy) is 2. The molecule has 63 heavy (non-hydrogen) atoms. The molecular weight excluding hydrogens is 807 g/mol.